The highest BCUT2D eigenvalue weighted by atomic mass is 16.2. The maximum Gasteiger partial charge on any atom is 0.257 e. The number of pyridine rings is 1. The molecule has 0 saturated heterocycles. The van der Waals surface area contributed by atoms with Crippen LogP contribution in [0.4, 0.5) is 5.69 Å². The maximum absolute atomic E-state index is 12.5. The number of carbonyl (C=O) groups excluding carboxylic acids is 1. The predicted octanol–water partition coefficient (Wildman–Crippen LogP) is 1.90. The molecule has 2 heterocycles. The minimum atomic E-state index is -0.0246. The van der Waals surface area contributed by atoms with Crippen molar-refractivity contribution in [3.63, 3.8) is 0 Å². The molecular weight excluding hydrogens is 250 g/mol. The summed E-state index contributed by atoms with van der Waals surface area (Å²) in [6, 6.07) is 10.0. The molecule has 1 aromatic heterocycles. The van der Waals surface area contributed by atoms with Gasteiger partial charge in [0.2, 0.25) is 0 Å². The number of carbonyl (C=O) groups is 1. The molecule has 1 amide bonds. The lowest BCUT2D eigenvalue weighted by Crippen LogP contribution is -2.33. The molecule has 2 N–H and O–H groups in total. The van der Waals surface area contributed by atoms with Crippen LogP contribution in [0.1, 0.15) is 21.5 Å². The van der Waals surface area contributed by atoms with Gasteiger partial charge in [0.25, 0.3) is 5.91 Å². The number of nitrogens with zero attached hydrogens (tertiary/aromatic N) is 2. The second-order valence-electron chi connectivity index (χ2n) is 5.02. The van der Waals surface area contributed by atoms with E-state index >= 15 is 0 Å². The van der Waals surface area contributed by atoms with Gasteiger partial charge in [-0.15, -0.1) is 0 Å². The van der Waals surface area contributed by atoms with Crippen LogP contribution in [0.5, 0.6) is 0 Å². The van der Waals surface area contributed by atoms with Crippen LogP contribution in [0.2, 0.25) is 0 Å². The lowest BCUT2D eigenvalue weighted by atomic mass is 10.0. The fourth-order valence-corrected chi connectivity index (χ4v) is 2.63. The number of rotatable bonds is 1. The van der Waals surface area contributed by atoms with Crippen LogP contribution in [0.15, 0.2) is 42.7 Å². The topological polar surface area (TPSA) is 59.2 Å². The lowest BCUT2D eigenvalue weighted by Gasteiger charge is -2.20. The Kier molecular flexibility index (Phi) is 3.37. The molecule has 0 bridgehead atoms. The maximum atomic E-state index is 12.5. The Balaban J connectivity index is 1.80. The number of anilines is 1. The van der Waals surface area contributed by atoms with Crippen LogP contribution in [-0.4, -0.2) is 28.9 Å². The Morgan fingerprint density at radius 3 is 2.35 bits per heavy atom. The van der Waals surface area contributed by atoms with Crippen molar-refractivity contribution in [2.75, 3.05) is 18.8 Å². The molecule has 4 heteroatoms. The molecule has 0 radical (unpaired) electrons. The van der Waals surface area contributed by atoms with E-state index in [0.717, 1.165) is 25.9 Å². The number of hydrogen-bond acceptors (Lipinski definition) is 3. The first kappa shape index (κ1) is 12.7. The largest absolute Gasteiger partial charge is 0.398 e. The Hall–Kier alpha value is -2.36. The summed E-state index contributed by atoms with van der Waals surface area (Å²) in [5.41, 5.74) is 9.53. The third-order valence-corrected chi connectivity index (χ3v) is 3.79. The van der Waals surface area contributed by atoms with Crippen LogP contribution in [0.3, 0.4) is 0 Å². The van der Waals surface area contributed by atoms with Gasteiger partial charge in [-0.2, -0.15) is 0 Å². The summed E-state index contributed by atoms with van der Waals surface area (Å²) in [5.74, 6) is -0.0246. The highest BCUT2D eigenvalue weighted by Gasteiger charge is 2.21. The molecule has 20 heavy (non-hydrogen) atoms. The van der Waals surface area contributed by atoms with Gasteiger partial charge in [0.05, 0.1) is 5.56 Å². The predicted molar refractivity (Wildman–Crippen MR) is 78.4 cm³/mol. The Bertz CT molecular complexity index is 612. The first-order chi connectivity index (χ1) is 9.75. The number of fused-ring (bicyclic) bond motifs is 1. The molecule has 2 aromatic rings. The summed E-state index contributed by atoms with van der Waals surface area (Å²) in [4.78, 5) is 18.4. The SMILES string of the molecule is Nc1ccncc1C(=O)N1CCc2ccccc2CC1. The van der Waals surface area contributed by atoms with Crippen molar-refractivity contribution >= 4 is 11.6 Å². The Morgan fingerprint density at radius 1 is 1.10 bits per heavy atom. The minimum Gasteiger partial charge on any atom is -0.398 e. The molecular formula is C16H17N3O. The van der Waals surface area contributed by atoms with E-state index in [2.05, 4.69) is 29.2 Å². The van der Waals surface area contributed by atoms with E-state index in [1.54, 1.807) is 18.5 Å². The lowest BCUT2D eigenvalue weighted by molar-refractivity contribution is 0.0763. The zero-order valence-corrected chi connectivity index (χ0v) is 11.2. The van der Waals surface area contributed by atoms with Gasteiger partial charge in [-0.3, -0.25) is 9.78 Å². The molecule has 102 valence electrons. The molecule has 1 aromatic carbocycles. The van der Waals surface area contributed by atoms with Crippen LogP contribution in [0.25, 0.3) is 0 Å². The summed E-state index contributed by atoms with van der Waals surface area (Å²) in [6.45, 7) is 1.45. The number of aromatic nitrogens is 1. The van der Waals surface area contributed by atoms with Crippen molar-refractivity contribution in [3.8, 4) is 0 Å². The first-order valence-electron chi connectivity index (χ1n) is 6.81. The van der Waals surface area contributed by atoms with Gasteiger partial charge in [-0.1, -0.05) is 24.3 Å². The minimum absolute atomic E-state index is 0.0246. The quantitative estimate of drug-likeness (QED) is 0.858. The average Bonchev–Trinajstić information content (AvgIpc) is 2.70. The third kappa shape index (κ3) is 2.37. The Morgan fingerprint density at radius 2 is 1.75 bits per heavy atom. The molecule has 1 aliphatic heterocycles. The Labute approximate surface area is 118 Å². The molecule has 1 aliphatic rings. The standard InChI is InChI=1S/C16H17N3O/c17-15-5-8-18-11-14(15)16(20)19-9-6-12-3-1-2-4-13(12)7-10-19/h1-5,8,11H,6-7,9-10H2,(H2,17,18). The van der Waals surface area contributed by atoms with Crippen molar-refractivity contribution in [2.24, 2.45) is 0 Å². The fraction of sp³-hybridized carbons (Fsp3) is 0.250. The van der Waals surface area contributed by atoms with Crippen LogP contribution in [-0.2, 0) is 12.8 Å². The second kappa shape index (κ2) is 5.33. The van der Waals surface area contributed by atoms with Gasteiger partial charge < -0.3 is 10.6 Å². The number of nitrogens with two attached hydrogens (primary N) is 1. The molecule has 0 unspecified atom stereocenters. The van der Waals surface area contributed by atoms with Gasteiger partial charge in [0, 0.05) is 31.2 Å². The summed E-state index contributed by atoms with van der Waals surface area (Å²) in [5, 5.41) is 0. The van der Waals surface area contributed by atoms with Gasteiger partial charge >= 0.3 is 0 Å². The van der Waals surface area contributed by atoms with Crippen LogP contribution in [0, 0.1) is 0 Å². The van der Waals surface area contributed by atoms with E-state index < -0.39 is 0 Å². The molecule has 0 aliphatic carbocycles. The normalized spacial score (nSPS) is 14.5. The smallest absolute Gasteiger partial charge is 0.257 e. The first-order valence-corrected chi connectivity index (χ1v) is 6.81. The van der Waals surface area contributed by atoms with E-state index in [1.807, 2.05) is 4.90 Å². The van der Waals surface area contributed by atoms with Crippen molar-refractivity contribution < 1.29 is 4.79 Å². The van der Waals surface area contributed by atoms with Gasteiger partial charge in [-0.25, -0.2) is 0 Å². The van der Waals surface area contributed by atoms with Crippen LogP contribution >= 0.6 is 0 Å². The number of hydrogen-bond donors (Lipinski definition) is 1. The number of nitrogen functional groups attached to an aromatic ring is 1. The molecule has 0 spiro atoms. The van der Waals surface area contributed by atoms with E-state index in [-0.39, 0.29) is 5.91 Å². The molecule has 0 atom stereocenters. The van der Waals surface area contributed by atoms with E-state index in [9.17, 15) is 4.79 Å². The summed E-state index contributed by atoms with van der Waals surface area (Å²) in [6.07, 6.45) is 4.93. The van der Waals surface area contributed by atoms with Gasteiger partial charge in [0.15, 0.2) is 0 Å². The molecule has 0 saturated carbocycles. The van der Waals surface area contributed by atoms with Gasteiger partial charge in [-0.05, 0) is 30.0 Å². The molecule has 4 nitrogen and oxygen atoms in total. The van der Waals surface area contributed by atoms with Gasteiger partial charge in [0.1, 0.15) is 0 Å². The van der Waals surface area contributed by atoms with Crippen molar-refractivity contribution in [1.82, 2.24) is 9.88 Å². The van der Waals surface area contributed by atoms with E-state index in [0.29, 0.717) is 11.3 Å². The monoisotopic (exact) mass is 267 g/mol. The third-order valence-electron chi connectivity index (χ3n) is 3.79. The fourth-order valence-electron chi connectivity index (χ4n) is 2.63. The van der Waals surface area contributed by atoms with Crippen LogP contribution < -0.4 is 5.73 Å². The summed E-state index contributed by atoms with van der Waals surface area (Å²) < 4.78 is 0. The van der Waals surface area contributed by atoms with Crippen molar-refractivity contribution in [1.29, 1.82) is 0 Å². The van der Waals surface area contributed by atoms with E-state index in [1.165, 1.54) is 11.1 Å². The van der Waals surface area contributed by atoms with Crippen molar-refractivity contribution in [2.45, 2.75) is 12.8 Å². The molecule has 3 rings (SSSR count). The number of amides is 1. The summed E-state index contributed by atoms with van der Waals surface area (Å²) in [7, 11) is 0. The van der Waals surface area contributed by atoms with Crippen molar-refractivity contribution in [3.05, 3.63) is 59.4 Å². The average molecular weight is 267 g/mol. The number of benzene rings is 1. The highest BCUT2D eigenvalue weighted by molar-refractivity contribution is 5.98. The highest BCUT2D eigenvalue weighted by Crippen LogP contribution is 2.18. The zero-order chi connectivity index (χ0) is 13.9. The zero-order valence-electron chi connectivity index (χ0n) is 11.2. The summed E-state index contributed by atoms with van der Waals surface area (Å²) >= 11 is 0. The van der Waals surface area contributed by atoms with E-state index in [4.69, 9.17) is 5.73 Å². The second-order valence-corrected chi connectivity index (χ2v) is 5.02. The molecule has 0 fully saturated rings.